The third-order valence-corrected chi connectivity index (χ3v) is 5.70. The SMILES string of the molecule is CC(C)(C)OC(=O)n1c([C@H](C(=O)O)N2CCN(c3ccc(F)cc3)CC2)cc2ccccc21. The summed E-state index contributed by atoms with van der Waals surface area (Å²) < 4.78 is 20.2. The van der Waals surface area contributed by atoms with Crippen LogP contribution in [0.2, 0.25) is 0 Å². The number of carboxylic acid groups (broad SMARTS) is 1. The number of ether oxygens (including phenoxy) is 1. The predicted octanol–water partition coefficient (Wildman–Crippen LogP) is 4.51. The predicted molar refractivity (Wildman–Crippen MR) is 124 cm³/mol. The van der Waals surface area contributed by atoms with Crippen molar-refractivity contribution in [3.05, 3.63) is 66.1 Å². The van der Waals surface area contributed by atoms with E-state index in [4.69, 9.17) is 4.74 Å². The lowest BCUT2D eigenvalue weighted by molar-refractivity contribution is -0.144. The molecule has 1 atom stereocenters. The number of benzene rings is 2. The number of nitrogens with zero attached hydrogens (tertiary/aromatic N) is 3. The van der Waals surface area contributed by atoms with Gasteiger partial charge in [-0.05, 0) is 57.2 Å². The summed E-state index contributed by atoms with van der Waals surface area (Å²) >= 11 is 0. The second kappa shape index (κ2) is 8.86. The van der Waals surface area contributed by atoms with Gasteiger partial charge in [-0.2, -0.15) is 0 Å². The van der Waals surface area contributed by atoms with Gasteiger partial charge in [0.1, 0.15) is 17.5 Å². The van der Waals surface area contributed by atoms with E-state index in [1.165, 1.54) is 16.7 Å². The molecular formula is C25H28FN3O4. The Morgan fingerprint density at radius 2 is 1.64 bits per heavy atom. The molecule has 0 aliphatic carbocycles. The van der Waals surface area contributed by atoms with Crippen LogP contribution < -0.4 is 4.90 Å². The maximum Gasteiger partial charge on any atom is 0.419 e. The molecule has 0 amide bonds. The van der Waals surface area contributed by atoms with Crippen molar-refractivity contribution in [1.82, 2.24) is 9.47 Å². The topological polar surface area (TPSA) is 75.0 Å². The number of hydrogen-bond acceptors (Lipinski definition) is 5. The summed E-state index contributed by atoms with van der Waals surface area (Å²) in [5.41, 5.74) is 1.15. The van der Waals surface area contributed by atoms with Crippen LogP contribution in [0, 0.1) is 5.82 Å². The molecule has 0 spiro atoms. The number of fused-ring (bicyclic) bond motifs is 1. The van der Waals surface area contributed by atoms with Crippen LogP contribution >= 0.6 is 0 Å². The highest BCUT2D eigenvalue weighted by Crippen LogP contribution is 2.31. The Hall–Kier alpha value is -3.39. The Labute approximate surface area is 192 Å². The Morgan fingerprint density at radius 1 is 1.00 bits per heavy atom. The van der Waals surface area contributed by atoms with E-state index in [2.05, 4.69) is 4.90 Å². The molecule has 8 heteroatoms. The van der Waals surface area contributed by atoms with Gasteiger partial charge in [-0.3, -0.25) is 9.69 Å². The highest BCUT2D eigenvalue weighted by Gasteiger charge is 2.35. The number of carbonyl (C=O) groups excluding carboxylic acids is 1. The van der Waals surface area contributed by atoms with Crippen molar-refractivity contribution in [3.63, 3.8) is 0 Å². The summed E-state index contributed by atoms with van der Waals surface area (Å²) in [7, 11) is 0. The van der Waals surface area contributed by atoms with Crippen molar-refractivity contribution in [2.75, 3.05) is 31.1 Å². The number of rotatable bonds is 4. The number of piperazine rings is 1. The van der Waals surface area contributed by atoms with Gasteiger partial charge >= 0.3 is 12.1 Å². The van der Waals surface area contributed by atoms with Gasteiger partial charge in [0.2, 0.25) is 0 Å². The van der Waals surface area contributed by atoms with Crippen LogP contribution in [0.5, 0.6) is 0 Å². The van der Waals surface area contributed by atoms with E-state index in [-0.39, 0.29) is 5.82 Å². The smallest absolute Gasteiger partial charge is 0.419 e. The van der Waals surface area contributed by atoms with Crippen molar-refractivity contribution < 1.29 is 23.8 Å². The molecule has 0 unspecified atom stereocenters. The molecule has 0 saturated carbocycles. The molecular weight excluding hydrogens is 425 g/mol. The quantitative estimate of drug-likeness (QED) is 0.627. The molecule has 2 aromatic carbocycles. The van der Waals surface area contributed by atoms with E-state index in [1.807, 2.05) is 23.1 Å². The average Bonchev–Trinajstić information content (AvgIpc) is 3.12. The van der Waals surface area contributed by atoms with Crippen molar-refractivity contribution >= 4 is 28.7 Å². The molecule has 2 heterocycles. The summed E-state index contributed by atoms with van der Waals surface area (Å²) in [6.07, 6.45) is -0.602. The molecule has 0 bridgehead atoms. The molecule has 174 valence electrons. The lowest BCUT2D eigenvalue weighted by atomic mass is 10.1. The Balaban J connectivity index is 1.65. The number of carboxylic acids is 1. The Morgan fingerprint density at radius 3 is 2.24 bits per heavy atom. The molecule has 1 saturated heterocycles. The number of aliphatic carboxylic acids is 1. The lowest BCUT2D eigenvalue weighted by Gasteiger charge is -2.39. The van der Waals surface area contributed by atoms with E-state index in [9.17, 15) is 19.1 Å². The minimum atomic E-state index is -1.03. The maximum atomic E-state index is 13.3. The number of para-hydroxylation sites is 1. The summed E-state index contributed by atoms with van der Waals surface area (Å²) in [5, 5.41) is 11.0. The van der Waals surface area contributed by atoms with Gasteiger partial charge in [0.25, 0.3) is 0 Å². The first-order chi connectivity index (χ1) is 15.6. The van der Waals surface area contributed by atoms with Gasteiger partial charge in [-0.25, -0.2) is 13.8 Å². The van der Waals surface area contributed by atoms with E-state index in [1.54, 1.807) is 45.0 Å². The normalized spacial score (nSPS) is 16.1. The van der Waals surface area contributed by atoms with Crippen LogP contribution in [0.3, 0.4) is 0 Å². The molecule has 7 nitrogen and oxygen atoms in total. The van der Waals surface area contributed by atoms with E-state index in [0.717, 1.165) is 11.1 Å². The van der Waals surface area contributed by atoms with Crippen molar-refractivity contribution in [2.24, 2.45) is 0 Å². The zero-order valence-corrected chi connectivity index (χ0v) is 19.0. The van der Waals surface area contributed by atoms with Crippen molar-refractivity contribution in [1.29, 1.82) is 0 Å². The minimum absolute atomic E-state index is 0.293. The molecule has 4 rings (SSSR count). The van der Waals surface area contributed by atoms with Crippen LogP contribution in [-0.4, -0.2) is 58.4 Å². The molecule has 33 heavy (non-hydrogen) atoms. The fraction of sp³-hybridized carbons (Fsp3) is 0.360. The fourth-order valence-corrected chi connectivity index (χ4v) is 4.25. The molecule has 3 aromatic rings. The fourth-order valence-electron chi connectivity index (χ4n) is 4.25. The second-order valence-corrected chi connectivity index (χ2v) is 9.18. The first kappa shape index (κ1) is 22.8. The monoisotopic (exact) mass is 453 g/mol. The molecule has 1 aromatic heterocycles. The first-order valence-corrected chi connectivity index (χ1v) is 11.0. The average molecular weight is 454 g/mol. The summed E-state index contributed by atoms with van der Waals surface area (Å²) in [6.45, 7) is 7.46. The number of carbonyl (C=O) groups is 2. The zero-order chi connectivity index (χ0) is 23.8. The summed E-state index contributed by atoms with van der Waals surface area (Å²) in [5.74, 6) is -1.32. The van der Waals surface area contributed by atoms with Crippen LogP contribution in [0.25, 0.3) is 10.9 Å². The molecule has 1 N–H and O–H groups in total. The first-order valence-electron chi connectivity index (χ1n) is 11.0. The van der Waals surface area contributed by atoms with Gasteiger partial charge < -0.3 is 14.7 Å². The van der Waals surface area contributed by atoms with Crippen LogP contribution in [0.15, 0.2) is 54.6 Å². The Bertz CT molecular complexity index is 1160. The number of halogens is 1. The van der Waals surface area contributed by atoms with Crippen LogP contribution in [-0.2, 0) is 9.53 Å². The van der Waals surface area contributed by atoms with Crippen LogP contribution in [0.4, 0.5) is 14.9 Å². The minimum Gasteiger partial charge on any atom is -0.480 e. The van der Waals surface area contributed by atoms with Crippen molar-refractivity contribution in [2.45, 2.75) is 32.4 Å². The molecule has 1 aliphatic rings. The maximum absolute atomic E-state index is 13.3. The summed E-state index contributed by atoms with van der Waals surface area (Å²) in [6, 6.07) is 14.3. The number of hydrogen-bond donors (Lipinski definition) is 1. The zero-order valence-electron chi connectivity index (χ0n) is 19.0. The van der Waals surface area contributed by atoms with Gasteiger partial charge in [0.15, 0.2) is 0 Å². The largest absolute Gasteiger partial charge is 0.480 e. The third kappa shape index (κ3) is 4.85. The third-order valence-electron chi connectivity index (χ3n) is 5.70. The van der Waals surface area contributed by atoms with E-state index in [0.29, 0.717) is 37.4 Å². The number of anilines is 1. The van der Waals surface area contributed by atoms with E-state index < -0.39 is 23.7 Å². The second-order valence-electron chi connectivity index (χ2n) is 9.18. The van der Waals surface area contributed by atoms with Gasteiger partial charge in [-0.15, -0.1) is 0 Å². The van der Waals surface area contributed by atoms with Crippen molar-refractivity contribution in [3.8, 4) is 0 Å². The Kier molecular flexibility index (Phi) is 6.12. The molecule has 0 radical (unpaired) electrons. The molecule has 1 fully saturated rings. The summed E-state index contributed by atoms with van der Waals surface area (Å²) in [4.78, 5) is 29.5. The van der Waals surface area contributed by atoms with E-state index >= 15 is 0 Å². The highest BCUT2D eigenvalue weighted by atomic mass is 19.1. The standard InChI is InChI=1S/C25H28FN3O4/c1-25(2,3)33-24(32)29-20-7-5-4-6-17(20)16-21(29)22(23(30)31)28-14-12-27(13-15-28)19-10-8-18(26)9-11-19/h4-11,16,22H,12-15H2,1-3H3,(H,30,31)/t22-/m1/s1. The number of aromatic nitrogens is 1. The lowest BCUT2D eigenvalue weighted by Crippen LogP contribution is -2.50. The van der Waals surface area contributed by atoms with Gasteiger partial charge in [0.05, 0.1) is 11.2 Å². The van der Waals surface area contributed by atoms with Gasteiger partial charge in [-0.1, -0.05) is 18.2 Å². The van der Waals surface area contributed by atoms with Gasteiger partial charge in [0, 0.05) is 37.3 Å². The molecule has 1 aliphatic heterocycles. The highest BCUT2D eigenvalue weighted by molar-refractivity contribution is 5.93. The van der Waals surface area contributed by atoms with Crippen LogP contribution in [0.1, 0.15) is 32.5 Å².